The highest BCUT2D eigenvalue weighted by Gasteiger charge is 2.37. The minimum absolute atomic E-state index is 0.0702. The Hall–Kier alpha value is -0.870. The number of rotatable bonds is 4. The third kappa shape index (κ3) is 1.81. The fraction of sp³-hybridized carbons (Fsp3) is 0.700. The number of methoxy groups -OCH3 is 1. The van der Waals surface area contributed by atoms with Crippen molar-refractivity contribution in [2.45, 2.75) is 25.0 Å². The largest absolute Gasteiger partial charge is 0.386 e. The van der Waals surface area contributed by atoms with Crippen molar-refractivity contribution in [1.29, 1.82) is 0 Å². The first-order valence-electron chi connectivity index (χ1n) is 4.91. The molecule has 14 heavy (non-hydrogen) atoms. The van der Waals surface area contributed by atoms with Crippen LogP contribution in [0.25, 0.3) is 0 Å². The Bertz CT molecular complexity index is 307. The Kier molecular flexibility index (Phi) is 2.56. The predicted octanol–water partition coefficient (Wildman–Crippen LogP) is 0.879. The number of hydrogen-bond acceptors (Lipinski definition) is 3. The van der Waals surface area contributed by atoms with E-state index >= 15 is 0 Å². The van der Waals surface area contributed by atoms with E-state index in [0.717, 1.165) is 18.4 Å². The zero-order chi connectivity index (χ0) is 10.1. The molecule has 2 rings (SSSR count). The van der Waals surface area contributed by atoms with Gasteiger partial charge in [-0.1, -0.05) is 0 Å². The van der Waals surface area contributed by atoms with Gasteiger partial charge in [-0.25, -0.2) is 0 Å². The molecular weight excluding hydrogens is 180 g/mol. The lowest BCUT2D eigenvalue weighted by atomic mass is 10.0. The van der Waals surface area contributed by atoms with Crippen LogP contribution in [-0.4, -0.2) is 28.1 Å². The fourth-order valence-electron chi connectivity index (χ4n) is 1.79. The Labute approximate surface area is 83.5 Å². The molecule has 1 N–H and O–H groups in total. The fourth-order valence-corrected chi connectivity index (χ4v) is 1.79. The minimum Gasteiger partial charge on any atom is -0.386 e. The van der Waals surface area contributed by atoms with Crippen LogP contribution < -0.4 is 0 Å². The van der Waals surface area contributed by atoms with Crippen molar-refractivity contribution in [3.05, 3.63) is 18.0 Å². The smallest absolute Gasteiger partial charge is 0.108 e. The topological polar surface area (TPSA) is 47.3 Å². The molecule has 2 unspecified atom stereocenters. The normalized spacial score (nSPS) is 20.8. The highest BCUT2D eigenvalue weighted by atomic mass is 16.5. The minimum atomic E-state index is -0.541. The van der Waals surface area contributed by atoms with E-state index in [1.165, 1.54) is 0 Å². The van der Waals surface area contributed by atoms with Crippen LogP contribution in [0.1, 0.15) is 24.5 Å². The van der Waals surface area contributed by atoms with Crippen LogP contribution in [-0.2, 0) is 11.8 Å². The highest BCUT2D eigenvalue weighted by molar-refractivity contribution is 5.11. The second-order valence-corrected chi connectivity index (χ2v) is 3.93. The van der Waals surface area contributed by atoms with Gasteiger partial charge in [-0.05, 0) is 18.8 Å². The Morgan fingerprint density at radius 3 is 2.79 bits per heavy atom. The summed E-state index contributed by atoms with van der Waals surface area (Å²) in [6, 6.07) is 0. The molecule has 1 aliphatic rings. The number of aliphatic hydroxyl groups is 1. The molecule has 0 bridgehead atoms. The molecular formula is C10H16N2O2. The second kappa shape index (κ2) is 3.71. The first kappa shape index (κ1) is 9.68. The third-order valence-electron chi connectivity index (χ3n) is 2.74. The maximum Gasteiger partial charge on any atom is 0.108 e. The van der Waals surface area contributed by atoms with E-state index in [0.29, 0.717) is 5.92 Å². The van der Waals surface area contributed by atoms with Gasteiger partial charge in [0.25, 0.3) is 0 Å². The highest BCUT2D eigenvalue weighted by Crippen LogP contribution is 2.39. The second-order valence-electron chi connectivity index (χ2n) is 3.93. The van der Waals surface area contributed by atoms with Crippen LogP contribution in [0.5, 0.6) is 0 Å². The van der Waals surface area contributed by atoms with Crippen molar-refractivity contribution >= 4 is 0 Å². The van der Waals surface area contributed by atoms with Crippen molar-refractivity contribution in [3.63, 3.8) is 0 Å². The van der Waals surface area contributed by atoms with E-state index in [2.05, 4.69) is 5.10 Å². The van der Waals surface area contributed by atoms with E-state index in [4.69, 9.17) is 4.74 Å². The van der Waals surface area contributed by atoms with Crippen LogP contribution in [0.2, 0.25) is 0 Å². The number of ether oxygens (including phenoxy) is 1. The Morgan fingerprint density at radius 1 is 1.64 bits per heavy atom. The lowest BCUT2D eigenvalue weighted by Crippen LogP contribution is -2.22. The number of aliphatic hydroxyl groups excluding tert-OH is 1. The lowest BCUT2D eigenvalue weighted by Gasteiger charge is -2.19. The summed E-state index contributed by atoms with van der Waals surface area (Å²) in [7, 11) is 3.50. The van der Waals surface area contributed by atoms with E-state index in [9.17, 15) is 5.11 Å². The van der Waals surface area contributed by atoms with Crippen LogP contribution in [0.15, 0.2) is 12.4 Å². The van der Waals surface area contributed by atoms with Gasteiger partial charge in [0, 0.05) is 25.9 Å². The first-order valence-corrected chi connectivity index (χ1v) is 4.91. The quantitative estimate of drug-likeness (QED) is 0.777. The van der Waals surface area contributed by atoms with Gasteiger partial charge in [0.1, 0.15) is 6.10 Å². The molecule has 0 radical (unpaired) electrons. The molecule has 1 saturated carbocycles. The third-order valence-corrected chi connectivity index (χ3v) is 2.74. The molecule has 1 heterocycles. The lowest BCUT2D eigenvalue weighted by molar-refractivity contribution is -0.0259. The molecule has 2 atom stereocenters. The van der Waals surface area contributed by atoms with Crippen molar-refractivity contribution < 1.29 is 9.84 Å². The summed E-state index contributed by atoms with van der Waals surface area (Å²) in [6.45, 7) is 0. The maximum atomic E-state index is 10.0. The summed E-state index contributed by atoms with van der Waals surface area (Å²) < 4.78 is 7.01. The number of nitrogens with zero attached hydrogens (tertiary/aromatic N) is 2. The molecule has 1 fully saturated rings. The SMILES string of the molecule is COC(C1CC1)C(O)c1cnn(C)c1. The summed E-state index contributed by atoms with van der Waals surface area (Å²) in [6.07, 6.45) is 5.24. The molecule has 0 amide bonds. The van der Waals surface area contributed by atoms with Crippen LogP contribution in [0, 0.1) is 5.92 Å². The van der Waals surface area contributed by atoms with Gasteiger partial charge in [0.15, 0.2) is 0 Å². The molecule has 0 aromatic carbocycles. The molecule has 78 valence electrons. The van der Waals surface area contributed by atoms with Crippen molar-refractivity contribution in [1.82, 2.24) is 9.78 Å². The monoisotopic (exact) mass is 196 g/mol. The van der Waals surface area contributed by atoms with Gasteiger partial charge < -0.3 is 9.84 Å². The predicted molar refractivity (Wildman–Crippen MR) is 51.7 cm³/mol. The Morgan fingerprint density at radius 2 is 2.36 bits per heavy atom. The molecule has 4 nitrogen and oxygen atoms in total. The van der Waals surface area contributed by atoms with E-state index in [1.54, 1.807) is 18.0 Å². The number of aryl methyl sites for hydroxylation is 1. The average Bonchev–Trinajstić information content (AvgIpc) is 2.90. The molecule has 0 saturated heterocycles. The van der Waals surface area contributed by atoms with Gasteiger partial charge >= 0.3 is 0 Å². The van der Waals surface area contributed by atoms with E-state index in [-0.39, 0.29) is 6.10 Å². The van der Waals surface area contributed by atoms with Crippen molar-refractivity contribution in [3.8, 4) is 0 Å². The molecule has 1 aromatic heterocycles. The summed E-state index contributed by atoms with van der Waals surface area (Å²) in [5.74, 6) is 0.523. The summed E-state index contributed by atoms with van der Waals surface area (Å²) >= 11 is 0. The Balaban J connectivity index is 2.08. The summed E-state index contributed by atoms with van der Waals surface area (Å²) in [4.78, 5) is 0. The molecule has 1 aromatic rings. The van der Waals surface area contributed by atoms with Gasteiger partial charge in [0.2, 0.25) is 0 Å². The van der Waals surface area contributed by atoms with Crippen LogP contribution in [0.4, 0.5) is 0 Å². The van der Waals surface area contributed by atoms with Crippen molar-refractivity contribution in [2.24, 2.45) is 13.0 Å². The zero-order valence-corrected chi connectivity index (χ0v) is 8.55. The summed E-state index contributed by atoms with van der Waals surface area (Å²) in [5, 5.41) is 14.1. The maximum absolute atomic E-state index is 10.0. The van der Waals surface area contributed by atoms with Crippen LogP contribution in [0.3, 0.4) is 0 Å². The summed E-state index contributed by atoms with van der Waals surface area (Å²) in [5.41, 5.74) is 0.839. The molecule has 0 spiro atoms. The van der Waals surface area contributed by atoms with Gasteiger partial charge in [0.05, 0.1) is 12.3 Å². The van der Waals surface area contributed by atoms with E-state index < -0.39 is 6.10 Å². The van der Waals surface area contributed by atoms with E-state index in [1.807, 2.05) is 13.2 Å². The molecule has 0 aliphatic heterocycles. The zero-order valence-electron chi connectivity index (χ0n) is 8.55. The van der Waals surface area contributed by atoms with Gasteiger partial charge in [-0.3, -0.25) is 4.68 Å². The number of hydrogen-bond donors (Lipinski definition) is 1. The molecule has 4 heteroatoms. The standard InChI is InChI=1S/C10H16N2O2/c1-12-6-8(5-11-12)9(13)10(14-2)7-3-4-7/h5-7,9-10,13H,3-4H2,1-2H3. The molecule has 1 aliphatic carbocycles. The first-order chi connectivity index (χ1) is 6.72. The van der Waals surface area contributed by atoms with Gasteiger partial charge in [-0.15, -0.1) is 0 Å². The number of aromatic nitrogens is 2. The van der Waals surface area contributed by atoms with Crippen molar-refractivity contribution in [2.75, 3.05) is 7.11 Å². The average molecular weight is 196 g/mol. The van der Waals surface area contributed by atoms with Crippen LogP contribution >= 0.6 is 0 Å². The van der Waals surface area contributed by atoms with Gasteiger partial charge in [-0.2, -0.15) is 5.10 Å².